The van der Waals surface area contributed by atoms with Crippen LogP contribution in [0.5, 0.6) is 11.5 Å². The molecule has 1 N–H and O–H groups in total. The molecule has 0 saturated heterocycles. The Hall–Kier alpha value is -2.52. The van der Waals surface area contributed by atoms with Gasteiger partial charge in [-0.05, 0) is 51.1 Å². The maximum absolute atomic E-state index is 12.4. The quantitative estimate of drug-likeness (QED) is 0.387. The number of ether oxygens (including phenoxy) is 2. The van der Waals surface area contributed by atoms with Gasteiger partial charge in [-0.15, -0.1) is 10.2 Å². The van der Waals surface area contributed by atoms with Crippen LogP contribution in [0.15, 0.2) is 58.2 Å². The molecule has 0 aliphatic heterocycles. The molecule has 2 aromatic carbocycles. The molecule has 1 heterocycles. The SMILES string of the molecule is COc1ccccc1OC(C)c1nnc(SCC(=O)Nc2cccc(Br)c2)n1C(C)C. The molecule has 1 aromatic heterocycles. The zero-order valence-electron chi connectivity index (χ0n) is 17.8. The van der Waals surface area contributed by atoms with Gasteiger partial charge in [-0.1, -0.05) is 45.9 Å². The average Bonchev–Trinajstić information content (AvgIpc) is 3.17. The van der Waals surface area contributed by atoms with Crippen LogP contribution < -0.4 is 14.8 Å². The number of para-hydroxylation sites is 2. The van der Waals surface area contributed by atoms with E-state index < -0.39 is 0 Å². The molecule has 164 valence electrons. The molecule has 0 saturated carbocycles. The third kappa shape index (κ3) is 6.01. The number of carbonyl (C=O) groups is 1. The van der Waals surface area contributed by atoms with Crippen molar-refractivity contribution in [1.82, 2.24) is 14.8 Å². The highest BCUT2D eigenvalue weighted by Crippen LogP contribution is 2.32. The van der Waals surface area contributed by atoms with Crippen molar-refractivity contribution in [3.8, 4) is 11.5 Å². The Balaban J connectivity index is 1.70. The van der Waals surface area contributed by atoms with E-state index >= 15 is 0 Å². The standard InChI is InChI=1S/C22H25BrN4O3S/c1-14(2)27-21(15(3)30-19-11-6-5-10-18(19)29-4)25-26-22(27)31-13-20(28)24-17-9-7-8-16(23)12-17/h5-12,14-15H,13H2,1-4H3,(H,24,28). The van der Waals surface area contributed by atoms with Crippen molar-refractivity contribution in [3.05, 3.63) is 58.8 Å². The first-order valence-corrected chi connectivity index (χ1v) is 11.6. The first kappa shape index (κ1) is 23.1. The van der Waals surface area contributed by atoms with Gasteiger partial charge < -0.3 is 19.4 Å². The molecular formula is C22H25BrN4O3S. The first-order chi connectivity index (χ1) is 14.9. The van der Waals surface area contributed by atoms with Crippen LogP contribution in [-0.4, -0.2) is 33.5 Å². The van der Waals surface area contributed by atoms with Crippen molar-refractivity contribution < 1.29 is 14.3 Å². The van der Waals surface area contributed by atoms with Crippen molar-refractivity contribution >= 4 is 39.3 Å². The Morgan fingerprint density at radius 3 is 2.55 bits per heavy atom. The monoisotopic (exact) mass is 504 g/mol. The molecule has 1 atom stereocenters. The van der Waals surface area contributed by atoms with Crippen molar-refractivity contribution in [2.75, 3.05) is 18.2 Å². The van der Waals surface area contributed by atoms with Crippen molar-refractivity contribution in [2.24, 2.45) is 0 Å². The fourth-order valence-electron chi connectivity index (χ4n) is 3.00. The fourth-order valence-corrected chi connectivity index (χ4v) is 4.28. The summed E-state index contributed by atoms with van der Waals surface area (Å²) in [6, 6.07) is 15.1. The van der Waals surface area contributed by atoms with Gasteiger partial charge in [-0.3, -0.25) is 4.79 Å². The molecule has 1 unspecified atom stereocenters. The van der Waals surface area contributed by atoms with Crippen LogP contribution in [0, 0.1) is 0 Å². The first-order valence-electron chi connectivity index (χ1n) is 9.81. The van der Waals surface area contributed by atoms with Crippen LogP contribution in [0.4, 0.5) is 5.69 Å². The minimum Gasteiger partial charge on any atom is -0.493 e. The van der Waals surface area contributed by atoms with Crippen molar-refractivity contribution in [3.63, 3.8) is 0 Å². The third-order valence-corrected chi connectivity index (χ3v) is 5.82. The van der Waals surface area contributed by atoms with E-state index in [-0.39, 0.29) is 23.8 Å². The number of nitrogens with one attached hydrogen (secondary N) is 1. The lowest BCUT2D eigenvalue weighted by molar-refractivity contribution is -0.113. The molecule has 0 radical (unpaired) electrons. The molecule has 0 fully saturated rings. The van der Waals surface area contributed by atoms with E-state index in [1.54, 1.807) is 7.11 Å². The van der Waals surface area contributed by atoms with Crippen LogP contribution >= 0.6 is 27.7 Å². The van der Waals surface area contributed by atoms with Gasteiger partial charge in [0.05, 0.1) is 12.9 Å². The highest BCUT2D eigenvalue weighted by molar-refractivity contribution is 9.10. The Labute approximate surface area is 194 Å². The minimum atomic E-state index is -0.351. The van der Waals surface area contributed by atoms with Gasteiger partial charge in [-0.2, -0.15) is 0 Å². The van der Waals surface area contributed by atoms with Gasteiger partial charge in [0, 0.05) is 16.2 Å². The second-order valence-corrected chi connectivity index (χ2v) is 8.92. The van der Waals surface area contributed by atoms with Crippen LogP contribution in [0.1, 0.15) is 38.7 Å². The number of aromatic nitrogens is 3. The molecule has 1 amide bonds. The molecule has 3 rings (SSSR count). The highest BCUT2D eigenvalue weighted by atomic mass is 79.9. The molecule has 9 heteroatoms. The van der Waals surface area contributed by atoms with E-state index in [0.717, 1.165) is 10.2 Å². The normalized spacial score (nSPS) is 11.9. The molecular weight excluding hydrogens is 480 g/mol. The van der Waals surface area contributed by atoms with Gasteiger partial charge in [-0.25, -0.2) is 0 Å². The number of carbonyl (C=O) groups excluding carboxylic acids is 1. The predicted molar refractivity (Wildman–Crippen MR) is 126 cm³/mol. The van der Waals surface area contributed by atoms with E-state index in [1.807, 2.05) is 73.9 Å². The number of hydrogen-bond acceptors (Lipinski definition) is 6. The number of benzene rings is 2. The molecule has 0 aliphatic rings. The summed E-state index contributed by atoms with van der Waals surface area (Å²) in [4.78, 5) is 12.4. The molecule has 31 heavy (non-hydrogen) atoms. The zero-order chi connectivity index (χ0) is 22.4. The van der Waals surface area contributed by atoms with Gasteiger partial charge in [0.25, 0.3) is 0 Å². The average molecular weight is 505 g/mol. The molecule has 0 aliphatic carbocycles. The van der Waals surface area contributed by atoms with E-state index in [9.17, 15) is 4.79 Å². The summed E-state index contributed by atoms with van der Waals surface area (Å²) >= 11 is 4.75. The van der Waals surface area contributed by atoms with Gasteiger partial charge in [0.1, 0.15) is 0 Å². The summed E-state index contributed by atoms with van der Waals surface area (Å²) in [5.41, 5.74) is 0.741. The number of rotatable bonds is 9. The number of methoxy groups -OCH3 is 1. The number of anilines is 1. The molecule has 0 spiro atoms. The lowest BCUT2D eigenvalue weighted by Crippen LogP contribution is -2.16. The van der Waals surface area contributed by atoms with Gasteiger partial charge in [0.15, 0.2) is 28.6 Å². The van der Waals surface area contributed by atoms with Crippen LogP contribution in [0.2, 0.25) is 0 Å². The summed E-state index contributed by atoms with van der Waals surface area (Å²) in [6.07, 6.45) is -0.351. The topological polar surface area (TPSA) is 78.3 Å². The fraction of sp³-hybridized carbons (Fsp3) is 0.318. The Morgan fingerprint density at radius 1 is 1.13 bits per heavy atom. The minimum absolute atomic E-state index is 0.101. The Bertz CT molecular complexity index is 1040. The second kappa shape index (κ2) is 10.7. The largest absolute Gasteiger partial charge is 0.493 e. The second-order valence-electron chi connectivity index (χ2n) is 7.06. The number of hydrogen-bond donors (Lipinski definition) is 1. The zero-order valence-corrected chi connectivity index (χ0v) is 20.2. The summed E-state index contributed by atoms with van der Waals surface area (Å²) in [7, 11) is 1.61. The molecule has 0 bridgehead atoms. The smallest absolute Gasteiger partial charge is 0.234 e. The summed E-state index contributed by atoms with van der Waals surface area (Å²) in [5, 5.41) is 12.2. The summed E-state index contributed by atoms with van der Waals surface area (Å²) in [6.45, 7) is 6.02. The van der Waals surface area contributed by atoms with Gasteiger partial charge in [0.2, 0.25) is 5.91 Å². The summed E-state index contributed by atoms with van der Waals surface area (Å²) in [5.74, 6) is 2.10. The summed E-state index contributed by atoms with van der Waals surface area (Å²) < 4.78 is 14.4. The number of amides is 1. The lowest BCUT2D eigenvalue weighted by Gasteiger charge is -2.19. The Kier molecular flexibility index (Phi) is 7.97. The Morgan fingerprint density at radius 2 is 1.87 bits per heavy atom. The number of halogens is 1. The highest BCUT2D eigenvalue weighted by Gasteiger charge is 2.23. The van der Waals surface area contributed by atoms with E-state index in [1.165, 1.54) is 11.8 Å². The van der Waals surface area contributed by atoms with E-state index in [0.29, 0.717) is 22.5 Å². The molecule has 3 aromatic rings. The van der Waals surface area contributed by atoms with Crippen LogP contribution in [0.3, 0.4) is 0 Å². The number of thioether (sulfide) groups is 1. The van der Waals surface area contributed by atoms with E-state index in [2.05, 4.69) is 31.4 Å². The maximum Gasteiger partial charge on any atom is 0.234 e. The van der Waals surface area contributed by atoms with Crippen molar-refractivity contribution in [2.45, 2.75) is 38.1 Å². The number of nitrogens with zero attached hydrogens (tertiary/aromatic N) is 3. The lowest BCUT2D eigenvalue weighted by atomic mass is 10.3. The van der Waals surface area contributed by atoms with Crippen molar-refractivity contribution in [1.29, 1.82) is 0 Å². The van der Waals surface area contributed by atoms with Crippen LogP contribution in [-0.2, 0) is 4.79 Å². The van der Waals surface area contributed by atoms with Gasteiger partial charge >= 0.3 is 0 Å². The third-order valence-electron chi connectivity index (χ3n) is 4.38. The molecule has 7 nitrogen and oxygen atoms in total. The van der Waals surface area contributed by atoms with E-state index in [4.69, 9.17) is 9.47 Å². The maximum atomic E-state index is 12.4. The predicted octanol–water partition coefficient (Wildman–Crippen LogP) is 5.50. The van der Waals surface area contributed by atoms with Crippen LogP contribution in [0.25, 0.3) is 0 Å².